The molecule has 4 rings (SSSR count). The van der Waals surface area contributed by atoms with Crippen molar-refractivity contribution in [1.29, 1.82) is 0 Å². The van der Waals surface area contributed by atoms with Crippen LogP contribution < -0.4 is 4.90 Å². The molecule has 2 aromatic carbocycles. The third-order valence-electron chi connectivity index (χ3n) is 3.70. The molecule has 0 aliphatic carbocycles. The third kappa shape index (κ3) is 1.89. The normalized spacial score (nSPS) is 14.6. The molecule has 0 radical (unpaired) electrons. The van der Waals surface area contributed by atoms with Gasteiger partial charge in [-0.25, -0.2) is 4.98 Å². The lowest BCUT2D eigenvalue weighted by molar-refractivity contribution is 0.765. The van der Waals surface area contributed by atoms with E-state index in [1.807, 2.05) is 12.1 Å². The fourth-order valence-electron chi connectivity index (χ4n) is 2.75. The molecule has 0 unspecified atom stereocenters. The van der Waals surface area contributed by atoms with Crippen LogP contribution in [0.4, 0.5) is 10.8 Å². The smallest absolute Gasteiger partial charge is 0.191 e. The van der Waals surface area contributed by atoms with Crippen molar-refractivity contribution in [3.05, 3.63) is 53.1 Å². The monoisotopic (exact) mass is 300 g/mol. The molecule has 3 aromatic rings. The Morgan fingerprint density at radius 3 is 2.90 bits per heavy atom. The summed E-state index contributed by atoms with van der Waals surface area (Å²) in [5.74, 6) is 0. The van der Waals surface area contributed by atoms with E-state index in [4.69, 9.17) is 16.6 Å². The third-order valence-corrected chi connectivity index (χ3v) is 5.05. The molecule has 0 fully saturated rings. The molecule has 1 aromatic heterocycles. The fraction of sp³-hybridized carbons (Fsp3) is 0.188. The van der Waals surface area contributed by atoms with Gasteiger partial charge in [-0.2, -0.15) is 0 Å². The second kappa shape index (κ2) is 4.76. The highest BCUT2D eigenvalue weighted by molar-refractivity contribution is 7.22. The lowest BCUT2D eigenvalue weighted by Gasteiger charge is -2.28. The van der Waals surface area contributed by atoms with Gasteiger partial charge < -0.3 is 4.90 Å². The molecular weight excluding hydrogens is 288 g/mol. The van der Waals surface area contributed by atoms with Crippen molar-refractivity contribution in [3.8, 4) is 0 Å². The quantitative estimate of drug-likeness (QED) is 0.626. The van der Waals surface area contributed by atoms with E-state index in [1.165, 1.54) is 17.7 Å². The summed E-state index contributed by atoms with van der Waals surface area (Å²) in [7, 11) is 0. The summed E-state index contributed by atoms with van der Waals surface area (Å²) in [5, 5.41) is 1.77. The number of aromatic nitrogens is 1. The number of anilines is 2. The first kappa shape index (κ1) is 12.2. The van der Waals surface area contributed by atoms with Crippen molar-refractivity contribution in [3.63, 3.8) is 0 Å². The molecule has 0 amide bonds. The lowest BCUT2D eigenvalue weighted by Crippen LogP contribution is -2.24. The molecule has 2 heterocycles. The number of halogens is 1. The van der Waals surface area contributed by atoms with Gasteiger partial charge in [0.15, 0.2) is 5.13 Å². The topological polar surface area (TPSA) is 16.1 Å². The Kier molecular flexibility index (Phi) is 2.90. The van der Waals surface area contributed by atoms with E-state index in [0.29, 0.717) is 0 Å². The van der Waals surface area contributed by atoms with Gasteiger partial charge in [-0.1, -0.05) is 47.2 Å². The molecular formula is C16H13ClN2S. The van der Waals surface area contributed by atoms with Crippen molar-refractivity contribution < 1.29 is 0 Å². The average Bonchev–Trinajstić information content (AvgIpc) is 2.92. The minimum atomic E-state index is 0.732. The van der Waals surface area contributed by atoms with Crippen molar-refractivity contribution >= 4 is 44.0 Å². The number of nitrogens with zero attached hydrogens (tertiary/aromatic N) is 2. The Morgan fingerprint density at radius 1 is 1.10 bits per heavy atom. The van der Waals surface area contributed by atoms with Gasteiger partial charge in [0.2, 0.25) is 0 Å². The standard InChI is InChI=1S/C16H13ClN2S/c17-12-7-3-9-14-15(12)18-16(20-14)19-10-4-6-11-5-1-2-8-13(11)19/h1-3,5,7-9H,4,6,10H2. The maximum atomic E-state index is 6.24. The second-order valence-electron chi connectivity index (χ2n) is 4.97. The van der Waals surface area contributed by atoms with Crippen LogP contribution >= 0.6 is 22.9 Å². The number of hydrogen-bond acceptors (Lipinski definition) is 3. The Bertz CT molecular complexity index is 781. The molecule has 1 aliphatic rings. The first-order chi connectivity index (χ1) is 9.83. The van der Waals surface area contributed by atoms with Gasteiger partial charge in [0, 0.05) is 12.2 Å². The maximum Gasteiger partial charge on any atom is 0.191 e. The first-order valence-electron chi connectivity index (χ1n) is 6.73. The number of hydrogen-bond donors (Lipinski definition) is 0. The summed E-state index contributed by atoms with van der Waals surface area (Å²) in [6.07, 6.45) is 2.32. The molecule has 20 heavy (non-hydrogen) atoms. The molecule has 0 spiro atoms. The number of rotatable bonds is 1. The molecule has 0 bridgehead atoms. The lowest BCUT2D eigenvalue weighted by atomic mass is 10.0. The van der Waals surface area contributed by atoms with Crippen LogP contribution in [0.2, 0.25) is 5.02 Å². The van der Waals surface area contributed by atoms with Crippen LogP contribution in [-0.4, -0.2) is 11.5 Å². The summed E-state index contributed by atoms with van der Waals surface area (Å²) in [6, 6.07) is 14.6. The predicted octanol–water partition coefficient (Wildman–Crippen LogP) is 5.03. The summed E-state index contributed by atoms with van der Waals surface area (Å²) in [6.45, 7) is 1.02. The molecule has 0 saturated carbocycles. The minimum absolute atomic E-state index is 0.732. The Morgan fingerprint density at radius 2 is 2.00 bits per heavy atom. The van der Waals surface area contributed by atoms with Gasteiger partial charge in [0.25, 0.3) is 0 Å². The van der Waals surface area contributed by atoms with E-state index >= 15 is 0 Å². The maximum absolute atomic E-state index is 6.24. The van der Waals surface area contributed by atoms with E-state index in [0.717, 1.165) is 33.3 Å². The SMILES string of the molecule is Clc1cccc2sc(N3CCCc4ccccc43)nc12. The molecule has 0 N–H and O–H groups in total. The van der Waals surface area contributed by atoms with Crippen LogP contribution in [0.5, 0.6) is 0 Å². The van der Waals surface area contributed by atoms with Crippen LogP contribution in [0.1, 0.15) is 12.0 Å². The van der Waals surface area contributed by atoms with Crippen LogP contribution in [0.25, 0.3) is 10.2 Å². The molecule has 2 nitrogen and oxygen atoms in total. The van der Waals surface area contributed by atoms with Gasteiger partial charge in [0.1, 0.15) is 5.52 Å². The number of thiazole rings is 1. The summed E-state index contributed by atoms with van der Waals surface area (Å²) < 4.78 is 1.15. The van der Waals surface area contributed by atoms with Crippen molar-refractivity contribution in [2.24, 2.45) is 0 Å². The van der Waals surface area contributed by atoms with Crippen molar-refractivity contribution in [2.45, 2.75) is 12.8 Å². The zero-order valence-corrected chi connectivity index (χ0v) is 12.4. The molecule has 100 valence electrons. The van der Waals surface area contributed by atoms with Gasteiger partial charge in [0.05, 0.1) is 9.72 Å². The fourth-order valence-corrected chi connectivity index (χ4v) is 4.06. The largest absolute Gasteiger partial charge is 0.318 e. The number of benzene rings is 2. The Labute approximate surface area is 126 Å². The molecule has 4 heteroatoms. The Balaban J connectivity index is 1.86. The van der Waals surface area contributed by atoms with Crippen LogP contribution in [-0.2, 0) is 6.42 Å². The first-order valence-corrected chi connectivity index (χ1v) is 7.93. The van der Waals surface area contributed by atoms with Crippen molar-refractivity contribution in [1.82, 2.24) is 4.98 Å². The van der Waals surface area contributed by atoms with E-state index in [1.54, 1.807) is 11.3 Å². The second-order valence-corrected chi connectivity index (χ2v) is 6.38. The summed E-state index contributed by atoms with van der Waals surface area (Å²) in [5.41, 5.74) is 3.61. The summed E-state index contributed by atoms with van der Waals surface area (Å²) in [4.78, 5) is 7.07. The van der Waals surface area contributed by atoms with Gasteiger partial charge in [-0.15, -0.1) is 0 Å². The van der Waals surface area contributed by atoms with E-state index in [-0.39, 0.29) is 0 Å². The van der Waals surface area contributed by atoms with E-state index < -0.39 is 0 Å². The van der Waals surface area contributed by atoms with E-state index in [2.05, 4.69) is 35.2 Å². The van der Waals surface area contributed by atoms with Crippen LogP contribution in [0.3, 0.4) is 0 Å². The predicted molar refractivity (Wildman–Crippen MR) is 86.4 cm³/mol. The van der Waals surface area contributed by atoms with Gasteiger partial charge in [-0.05, 0) is 36.6 Å². The highest BCUT2D eigenvalue weighted by Gasteiger charge is 2.20. The zero-order chi connectivity index (χ0) is 13.5. The van der Waals surface area contributed by atoms with Crippen LogP contribution in [0.15, 0.2) is 42.5 Å². The zero-order valence-electron chi connectivity index (χ0n) is 10.8. The average molecular weight is 301 g/mol. The van der Waals surface area contributed by atoms with Crippen LogP contribution in [0, 0.1) is 0 Å². The van der Waals surface area contributed by atoms with Gasteiger partial charge in [-0.3, -0.25) is 0 Å². The Hall–Kier alpha value is -1.58. The molecule has 0 saturated heterocycles. The summed E-state index contributed by atoms with van der Waals surface area (Å²) >= 11 is 7.95. The van der Waals surface area contributed by atoms with Gasteiger partial charge >= 0.3 is 0 Å². The number of para-hydroxylation sites is 2. The minimum Gasteiger partial charge on any atom is -0.318 e. The number of aryl methyl sites for hydroxylation is 1. The number of fused-ring (bicyclic) bond motifs is 2. The highest BCUT2D eigenvalue weighted by atomic mass is 35.5. The van der Waals surface area contributed by atoms with Crippen molar-refractivity contribution in [2.75, 3.05) is 11.4 Å². The van der Waals surface area contributed by atoms with E-state index in [9.17, 15) is 0 Å². The molecule has 1 aliphatic heterocycles. The highest BCUT2D eigenvalue weighted by Crippen LogP contribution is 2.39. The molecule has 0 atom stereocenters.